The molecule has 0 radical (unpaired) electrons. The first-order chi connectivity index (χ1) is 6.81. The Labute approximate surface area is 96.3 Å². The van der Waals surface area contributed by atoms with Gasteiger partial charge in [0, 0.05) is 6.54 Å². The molecule has 0 bridgehead atoms. The summed E-state index contributed by atoms with van der Waals surface area (Å²) in [6.45, 7) is 6.77. The molecule has 0 aromatic carbocycles. The fraction of sp³-hybridized carbons (Fsp3) is 0.909. The summed E-state index contributed by atoms with van der Waals surface area (Å²) >= 11 is 0. The predicted octanol–water partition coefficient (Wildman–Crippen LogP) is 1.57. The highest BCUT2D eigenvalue weighted by Crippen LogP contribution is 2.13. The first kappa shape index (κ1) is 14.8. The van der Waals surface area contributed by atoms with E-state index >= 15 is 0 Å². The van der Waals surface area contributed by atoms with Gasteiger partial charge in [0.15, 0.2) is 0 Å². The smallest absolute Gasteiger partial charge is 0.246 e. The summed E-state index contributed by atoms with van der Waals surface area (Å²) in [7, 11) is 0.160. The Morgan fingerprint density at radius 3 is 2.40 bits per heavy atom. The van der Waals surface area contributed by atoms with E-state index in [0.29, 0.717) is 0 Å². The molecule has 0 heterocycles. The molecule has 0 aliphatic rings. The summed E-state index contributed by atoms with van der Waals surface area (Å²) < 4.78 is 5.36. The van der Waals surface area contributed by atoms with Gasteiger partial charge in [-0.3, -0.25) is 15.7 Å². The van der Waals surface area contributed by atoms with Gasteiger partial charge in [0.2, 0.25) is 5.91 Å². The van der Waals surface area contributed by atoms with E-state index in [1.165, 1.54) is 5.75 Å². The SMILES string of the molecule is C[SH](C)CCCNC(=O)COC(C)(C)C. The topological polar surface area (TPSA) is 38.3 Å². The van der Waals surface area contributed by atoms with E-state index in [0.717, 1.165) is 13.0 Å². The van der Waals surface area contributed by atoms with E-state index in [1.807, 2.05) is 20.8 Å². The average Bonchev–Trinajstić information content (AvgIpc) is 2.07. The lowest BCUT2D eigenvalue weighted by Crippen LogP contribution is -2.32. The number of carbonyl (C=O) groups excluding carboxylic acids is 1. The lowest BCUT2D eigenvalue weighted by Gasteiger charge is -2.19. The van der Waals surface area contributed by atoms with Crippen LogP contribution in [0.5, 0.6) is 0 Å². The van der Waals surface area contributed by atoms with Crippen LogP contribution in [-0.2, 0) is 9.53 Å². The number of rotatable bonds is 6. The predicted molar refractivity (Wildman–Crippen MR) is 69.0 cm³/mol. The Morgan fingerprint density at radius 1 is 1.33 bits per heavy atom. The van der Waals surface area contributed by atoms with Crippen LogP contribution in [0.15, 0.2) is 0 Å². The Hall–Kier alpha value is -0.220. The van der Waals surface area contributed by atoms with Crippen LogP contribution in [0.4, 0.5) is 0 Å². The number of hydrogen-bond acceptors (Lipinski definition) is 2. The van der Waals surface area contributed by atoms with Crippen molar-refractivity contribution < 1.29 is 9.53 Å². The monoisotopic (exact) mass is 235 g/mol. The first-order valence-corrected chi connectivity index (χ1v) is 7.79. The molecule has 0 rings (SSSR count). The van der Waals surface area contributed by atoms with E-state index < -0.39 is 0 Å². The molecule has 0 saturated heterocycles. The second kappa shape index (κ2) is 7.12. The normalized spacial score (nSPS) is 12.5. The fourth-order valence-electron chi connectivity index (χ4n) is 0.956. The molecule has 3 nitrogen and oxygen atoms in total. The lowest BCUT2D eigenvalue weighted by atomic mass is 10.2. The van der Waals surface area contributed by atoms with Crippen LogP contribution >= 0.6 is 10.9 Å². The van der Waals surface area contributed by atoms with Crippen molar-refractivity contribution in [2.45, 2.75) is 32.8 Å². The van der Waals surface area contributed by atoms with Gasteiger partial charge in [-0.05, 0) is 45.5 Å². The summed E-state index contributed by atoms with van der Waals surface area (Å²) in [5, 5.41) is 2.86. The zero-order valence-corrected chi connectivity index (χ0v) is 11.5. The Bertz CT molecular complexity index is 188. The maximum Gasteiger partial charge on any atom is 0.246 e. The molecule has 1 N–H and O–H groups in total. The summed E-state index contributed by atoms with van der Waals surface area (Å²) in [6.07, 6.45) is 5.57. The Kier molecular flexibility index (Phi) is 7.02. The van der Waals surface area contributed by atoms with Crippen molar-refractivity contribution in [3.63, 3.8) is 0 Å². The highest BCUT2D eigenvalue weighted by Gasteiger charge is 2.12. The van der Waals surface area contributed by atoms with Crippen molar-refractivity contribution >= 4 is 16.8 Å². The van der Waals surface area contributed by atoms with Gasteiger partial charge in [0.05, 0.1) is 5.60 Å². The number of amides is 1. The van der Waals surface area contributed by atoms with E-state index in [2.05, 4.69) is 17.8 Å². The summed E-state index contributed by atoms with van der Waals surface area (Å²) in [6, 6.07) is 0. The second-order valence-corrected chi connectivity index (χ2v) is 7.51. The number of carbonyl (C=O) groups is 1. The van der Waals surface area contributed by atoms with Gasteiger partial charge >= 0.3 is 0 Å². The number of hydrogen-bond donors (Lipinski definition) is 2. The summed E-state index contributed by atoms with van der Waals surface area (Å²) in [4.78, 5) is 11.3. The van der Waals surface area contributed by atoms with E-state index in [9.17, 15) is 4.79 Å². The van der Waals surface area contributed by atoms with Gasteiger partial charge in [-0.15, -0.1) is 0 Å². The molecule has 0 aromatic heterocycles. The Balaban J connectivity index is 3.42. The zero-order chi connectivity index (χ0) is 11.9. The third kappa shape index (κ3) is 11.7. The van der Waals surface area contributed by atoms with E-state index in [4.69, 9.17) is 4.74 Å². The molecule has 0 atom stereocenters. The van der Waals surface area contributed by atoms with Crippen LogP contribution in [0.25, 0.3) is 0 Å². The zero-order valence-electron chi connectivity index (χ0n) is 10.6. The van der Waals surface area contributed by atoms with Crippen LogP contribution in [0.1, 0.15) is 27.2 Å². The minimum Gasteiger partial charge on any atom is -0.366 e. The molecule has 4 heteroatoms. The van der Waals surface area contributed by atoms with Gasteiger partial charge in [0.1, 0.15) is 6.61 Å². The third-order valence-corrected chi connectivity index (χ3v) is 2.95. The van der Waals surface area contributed by atoms with Gasteiger partial charge in [-0.2, -0.15) is 0 Å². The second-order valence-electron chi connectivity index (χ2n) is 4.91. The molecule has 0 spiro atoms. The highest BCUT2D eigenvalue weighted by atomic mass is 32.2. The fourth-order valence-corrected chi connectivity index (χ4v) is 1.75. The van der Waals surface area contributed by atoms with Crippen molar-refractivity contribution in [1.29, 1.82) is 0 Å². The molecule has 0 aromatic rings. The van der Waals surface area contributed by atoms with Crippen molar-refractivity contribution in [3.8, 4) is 0 Å². The van der Waals surface area contributed by atoms with Crippen molar-refractivity contribution in [2.75, 3.05) is 31.4 Å². The minimum atomic E-state index is -0.238. The van der Waals surface area contributed by atoms with Gasteiger partial charge in [-0.1, -0.05) is 0 Å². The average molecular weight is 235 g/mol. The largest absolute Gasteiger partial charge is 0.366 e. The maximum atomic E-state index is 11.3. The lowest BCUT2D eigenvalue weighted by molar-refractivity contribution is -0.130. The standard InChI is InChI=1S/C11H25NO2S/c1-11(2,3)14-9-10(13)12-7-6-8-15(4)5/h15H,6-9H2,1-5H3,(H,12,13). The molecule has 0 unspecified atom stereocenters. The summed E-state index contributed by atoms with van der Waals surface area (Å²) in [5.74, 6) is 1.21. The van der Waals surface area contributed by atoms with Crippen LogP contribution in [-0.4, -0.2) is 42.9 Å². The maximum absolute atomic E-state index is 11.3. The number of nitrogens with one attached hydrogen (secondary N) is 1. The molecular weight excluding hydrogens is 210 g/mol. The molecule has 92 valence electrons. The Morgan fingerprint density at radius 2 is 1.93 bits per heavy atom. The van der Waals surface area contributed by atoms with Crippen molar-refractivity contribution in [1.82, 2.24) is 5.32 Å². The van der Waals surface area contributed by atoms with E-state index in [-0.39, 0.29) is 29.0 Å². The molecule has 1 amide bonds. The highest BCUT2D eigenvalue weighted by molar-refractivity contribution is 8.15. The molecule has 0 fully saturated rings. The molecule has 15 heavy (non-hydrogen) atoms. The van der Waals surface area contributed by atoms with Crippen molar-refractivity contribution in [3.05, 3.63) is 0 Å². The molecular formula is C11H25NO2S. The molecule has 0 saturated carbocycles. The first-order valence-electron chi connectivity index (χ1n) is 5.36. The quantitative estimate of drug-likeness (QED) is 0.542. The van der Waals surface area contributed by atoms with Crippen molar-refractivity contribution in [2.24, 2.45) is 0 Å². The minimum absolute atomic E-state index is 0.0125. The molecule has 0 aliphatic carbocycles. The number of thiol groups is 1. The van der Waals surface area contributed by atoms with Crippen LogP contribution in [0.2, 0.25) is 0 Å². The van der Waals surface area contributed by atoms with Gasteiger partial charge < -0.3 is 10.1 Å². The van der Waals surface area contributed by atoms with E-state index in [1.54, 1.807) is 0 Å². The number of ether oxygens (including phenoxy) is 1. The van der Waals surface area contributed by atoms with Gasteiger partial charge in [-0.25, -0.2) is 0 Å². The summed E-state index contributed by atoms with van der Waals surface area (Å²) in [5.41, 5.74) is -0.238. The van der Waals surface area contributed by atoms with Crippen LogP contribution in [0, 0.1) is 0 Å². The molecule has 0 aliphatic heterocycles. The van der Waals surface area contributed by atoms with Gasteiger partial charge in [0.25, 0.3) is 0 Å². The van der Waals surface area contributed by atoms with Crippen LogP contribution in [0.3, 0.4) is 0 Å². The van der Waals surface area contributed by atoms with Crippen LogP contribution < -0.4 is 5.32 Å². The third-order valence-electron chi connectivity index (χ3n) is 1.74.